The summed E-state index contributed by atoms with van der Waals surface area (Å²) >= 11 is 0. The summed E-state index contributed by atoms with van der Waals surface area (Å²) in [4.78, 5) is 12.4. The fourth-order valence-corrected chi connectivity index (χ4v) is 7.08. The monoisotopic (exact) mass is 818 g/mol. The molecule has 0 aliphatic heterocycles. The molecule has 0 spiro atoms. The lowest BCUT2D eigenvalue weighted by molar-refractivity contribution is -0.123. The summed E-state index contributed by atoms with van der Waals surface area (Å²) in [6.45, 7) is 4.24. The average molecular weight is 818 g/mol. The van der Waals surface area contributed by atoms with Crippen molar-refractivity contribution in [2.45, 2.75) is 238 Å². The molecule has 0 aliphatic rings. The number of aliphatic hydroxyl groups is 2. The summed E-state index contributed by atoms with van der Waals surface area (Å²) in [6, 6.07) is -0.551. The molecule has 59 heavy (non-hydrogen) atoms. The number of unbranched alkanes of at least 4 members (excludes halogenated alkanes) is 21. The second-order valence-electron chi connectivity index (χ2n) is 16.5. The van der Waals surface area contributed by atoms with Gasteiger partial charge in [-0.15, -0.1) is 0 Å². The predicted octanol–water partition coefficient (Wildman–Crippen LogP) is 16.2. The molecule has 0 fully saturated rings. The number of carbonyl (C=O) groups is 1. The van der Waals surface area contributed by atoms with E-state index in [1.54, 1.807) is 0 Å². The van der Waals surface area contributed by atoms with Gasteiger partial charge in [-0.3, -0.25) is 4.79 Å². The van der Waals surface area contributed by atoms with Crippen molar-refractivity contribution in [1.29, 1.82) is 0 Å². The van der Waals surface area contributed by atoms with Crippen molar-refractivity contribution in [2.75, 3.05) is 6.61 Å². The van der Waals surface area contributed by atoms with Crippen LogP contribution < -0.4 is 5.32 Å². The number of allylic oxidation sites excluding steroid dienone is 16. The van der Waals surface area contributed by atoms with Crippen LogP contribution in [0.15, 0.2) is 97.2 Å². The third kappa shape index (κ3) is 46.2. The Balaban J connectivity index is 3.62. The maximum Gasteiger partial charge on any atom is 0.220 e. The van der Waals surface area contributed by atoms with E-state index in [2.05, 4.69) is 116 Å². The molecule has 3 N–H and O–H groups in total. The zero-order chi connectivity index (χ0) is 42.8. The molecule has 0 rings (SSSR count). The lowest BCUT2D eigenvalue weighted by Crippen LogP contribution is -2.45. The molecule has 2 atom stereocenters. The van der Waals surface area contributed by atoms with Gasteiger partial charge in [0.25, 0.3) is 0 Å². The first-order valence-corrected chi connectivity index (χ1v) is 24.9. The molecular weight excluding hydrogens is 723 g/mol. The molecule has 338 valence electrons. The summed E-state index contributed by atoms with van der Waals surface area (Å²) in [5.41, 5.74) is 0. The van der Waals surface area contributed by atoms with E-state index in [-0.39, 0.29) is 12.5 Å². The molecule has 1 amide bonds. The van der Waals surface area contributed by atoms with Crippen LogP contribution >= 0.6 is 0 Å². The van der Waals surface area contributed by atoms with E-state index in [9.17, 15) is 15.0 Å². The van der Waals surface area contributed by atoms with Crippen molar-refractivity contribution in [3.8, 4) is 0 Å². The Morgan fingerprint density at radius 1 is 0.424 bits per heavy atom. The average Bonchev–Trinajstić information content (AvgIpc) is 3.24. The lowest BCUT2D eigenvalue weighted by Gasteiger charge is -2.22. The van der Waals surface area contributed by atoms with Crippen molar-refractivity contribution in [3.63, 3.8) is 0 Å². The number of amides is 1. The first-order chi connectivity index (χ1) is 29.2. The number of aliphatic hydroxyl groups excluding tert-OH is 2. The van der Waals surface area contributed by atoms with E-state index >= 15 is 0 Å². The summed E-state index contributed by atoms with van der Waals surface area (Å²) < 4.78 is 0. The molecule has 0 aromatic carbocycles. The first-order valence-electron chi connectivity index (χ1n) is 24.9. The molecule has 4 nitrogen and oxygen atoms in total. The standard InChI is InChI=1S/C55H95NO3/c1-3-5-7-9-11-13-15-17-19-21-22-23-24-25-26-27-28-29-30-31-32-33-34-35-37-39-41-43-45-47-49-51-55(59)56-53(52-57)54(58)50-48-46-44-42-40-38-36-20-18-16-14-12-10-8-6-4-2/h5,7,11,13,17,19,22-23,25-26,28-29,31-32,34-35,53-54,57-58H,3-4,6,8-10,12,14-16,18,20-21,24,27,30,33,36-52H2,1-2H3,(H,56,59)/b7-5-,13-11-,19-17-,23-22-,26-25-,29-28-,32-31-,35-34-. The van der Waals surface area contributed by atoms with Crippen molar-refractivity contribution in [1.82, 2.24) is 5.32 Å². The normalized spacial score (nSPS) is 13.8. The van der Waals surface area contributed by atoms with Gasteiger partial charge in [0.1, 0.15) is 0 Å². The molecule has 0 saturated heterocycles. The van der Waals surface area contributed by atoms with Gasteiger partial charge in [-0.25, -0.2) is 0 Å². The van der Waals surface area contributed by atoms with E-state index in [1.807, 2.05) is 0 Å². The highest BCUT2D eigenvalue weighted by Gasteiger charge is 2.20. The number of rotatable bonds is 44. The lowest BCUT2D eigenvalue weighted by atomic mass is 10.0. The van der Waals surface area contributed by atoms with Crippen molar-refractivity contribution in [2.24, 2.45) is 0 Å². The summed E-state index contributed by atoms with van der Waals surface area (Å²) in [6.07, 6.45) is 73.5. The molecule has 0 aliphatic carbocycles. The number of hydrogen-bond acceptors (Lipinski definition) is 3. The SMILES string of the molecule is CC/C=C\C/C=C\C/C=C\C/C=C\C/C=C\C/C=C\C/C=C\C/C=C\CCCCCCCCC(=O)NC(CO)C(O)CCCCCCCCCCCCCCCCCC. The van der Waals surface area contributed by atoms with Gasteiger partial charge in [0.05, 0.1) is 18.8 Å². The van der Waals surface area contributed by atoms with Crippen LogP contribution in [0.2, 0.25) is 0 Å². The van der Waals surface area contributed by atoms with Crippen LogP contribution in [0.4, 0.5) is 0 Å². The fourth-order valence-electron chi connectivity index (χ4n) is 7.08. The summed E-state index contributed by atoms with van der Waals surface area (Å²) in [7, 11) is 0. The van der Waals surface area contributed by atoms with Gasteiger partial charge in [-0.05, 0) is 77.0 Å². The molecular formula is C55H95NO3. The van der Waals surface area contributed by atoms with Gasteiger partial charge in [-0.1, -0.05) is 239 Å². The minimum atomic E-state index is -0.672. The highest BCUT2D eigenvalue weighted by molar-refractivity contribution is 5.76. The minimum absolute atomic E-state index is 0.0494. The molecule has 0 radical (unpaired) electrons. The maximum atomic E-state index is 12.4. The third-order valence-corrected chi connectivity index (χ3v) is 10.9. The molecule has 4 heteroatoms. The molecule has 0 aromatic rings. The van der Waals surface area contributed by atoms with E-state index in [4.69, 9.17) is 0 Å². The van der Waals surface area contributed by atoms with Gasteiger partial charge < -0.3 is 15.5 Å². The number of nitrogens with one attached hydrogen (secondary N) is 1. The van der Waals surface area contributed by atoms with E-state index in [1.165, 1.54) is 109 Å². The Bertz CT molecular complexity index is 1110. The smallest absolute Gasteiger partial charge is 0.220 e. The highest BCUT2D eigenvalue weighted by atomic mass is 16.3. The predicted molar refractivity (Wildman–Crippen MR) is 262 cm³/mol. The largest absolute Gasteiger partial charge is 0.394 e. The van der Waals surface area contributed by atoms with Gasteiger partial charge in [-0.2, -0.15) is 0 Å². The molecule has 0 heterocycles. The summed E-state index contributed by atoms with van der Waals surface area (Å²) in [5.74, 6) is -0.0494. The van der Waals surface area contributed by atoms with Crippen LogP contribution in [0.25, 0.3) is 0 Å². The van der Waals surface area contributed by atoms with Crippen LogP contribution in [-0.4, -0.2) is 34.9 Å². The zero-order valence-corrected chi connectivity index (χ0v) is 38.7. The molecule has 0 saturated carbocycles. The van der Waals surface area contributed by atoms with Crippen LogP contribution in [0.5, 0.6) is 0 Å². The Labute approximate surface area is 366 Å². The molecule has 2 unspecified atom stereocenters. The van der Waals surface area contributed by atoms with Crippen molar-refractivity contribution in [3.05, 3.63) is 97.2 Å². The second-order valence-corrected chi connectivity index (χ2v) is 16.5. The zero-order valence-electron chi connectivity index (χ0n) is 38.7. The van der Waals surface area contributed by atoms with Gasteiger partial charge >= 0.3 is 0 Å². The highest BCUT2D eigenvalue weighted by Crippen LogP contribution is 2.15. The molecule has 0 aromatic heterocycles. The maximum absolute atomic E-state index is 12.4. The second kappa shape index (κ2) is 49.7. The Morgan fingerprint density at radius 2 is 0.746 bits per heavy atom. The fraction of sp³-hybridized carbons (Fsp3) is 0.691. The Hall–Kier alpha value is -2.69. The van der Waals surface area contributed by atoms with Crippen LogP contribution in [0.1, 0.15) is 226 Å². The van der Waals surface area contributed by atoms with Crippen LogP contribution in [0.3, 0.4) is 0 Å². The minimum Gasteiger partial charge on any atom is -0.394 e. The quantitative estimate of drug-likeness (QED) is 0.0424. The Morgan fingerprint density at radius 3 is 1.12 bits per heavy atom. The van der Waals surface area contributed by atoms with Crippen LogP contribution in [0, 0.1) is 0 Å². The molecule has 0 bridgehead atoms. The van der Waals surface area contributed by atoms with Gasteiger partial charge in [0, 0.05) is 6.42 Å². The van der Waals surface area contributed by atoms with Gasteiger partial charge in [0.2, 0.25) is 5.91 Å². The van der Waals surface area contributed by atoms with E-state index < -0.39 is 12.1 Å². The Kier molecular flexibility index (Phi) is 47.4. The van der Waals surface area contributed by atoms with Gasteiger partial charge in [0.15, 0.2) is 0 Å². The van der Waals surface area contributed by atoms with E-state index in [0.29, 0.717) is 12.8 Å². The third-order valence-electron chi connectivity index (χ3n) is 10.9. The number of hydrogen-bond donors (Lipinski definition) is 3. The van der Waals surface area contributed by atoms with E-state index in [0.717, 1.165) is 89.9 Å². The summed E-state index contributed by atoms with van der Waals surface area (Å²) in [5, 5.41) is 23.2. The van der Waals surface area contributed by atoms with Crippen molar-refractivity contribution >= 4 is 5.91 Å². The van der Waals surface area contributed by atoms with Crippen LogP contribution in [-0.2, 0) is 4.79 Å². The first kappa shape index (κ1) is 56.3. The number of carbonyl (C=O) groups excluding carboxylic acids is 1. The van der Waals surface area contributed by atoms with Crippen molar-refractivity contribution < 1.29 is 15.0 Å². The topological polar surface area (TPSA) is 69.6 Å².